The monoisotopic (exact) mass is 326 g/mol. The zero-order valence-electron chi connectivity index (χ0n) is 10.7. The summed E-state index contributed by atoms with van der Waals surface area (Å²) in [7, 11) is 0. The van der Waals surface area contributed by atoms with Crippen molar-refractivity contribution in [3.63, 3.8) is 0 Å². The van der Waals surface area contributed by atoms with Crippen LogP contribution in [0.4, 0.5) is 8.78 Å². The van der Waals surface area contributed by atoms with Gasteiger partial charge in [0.25, 0.3) is 0 Å². The smallest absolute Gasteiger partial charge is 0.317 e. The van der Waals surface area contributed by atoms with Crippen molar-refractivity contribution in [2.45, 2.75) is 11.9 Å². The number of hydrogen-bond donors (Lipinski definition) is 0. The lowest BCUT2D eigenvalue weighted by molar-refractivity contribution is 0.0811. The molecule has 3 aromatic rings. The Morgan fingerprint density at radius 1 is 1.05 bits per heavy atom. The van der Waals surface area contributed by atoms with Crippen molar-refractivity contribution in [2.24, 2.45) is 0 Å². The molecule has 0 aliphatic heterocycles. The van der Waals surface area contributed by atoms with Gasteiger partial charge in [-0.15, -0.1) is 0 Å². The third-order valence-corrected chi connectivity index (χ3v) is 3.58. The Morgan fingerprint density at radius 2 is 1.71 bits per heavy atom. The quantitative estimate of drug-likeness (QED) is 0.617. The lowest BCUT2D eigenvalue weighted by Gasteiger charge is -2.12. The van der Waals surface area contributed by atoms with E-state index in [0.717, 1.165) is 5.56 Å². The van der Waals surface area contributed by atoms with Crippen molar-refractivity contribution in [1.29, 1.82) is 0 Å². The third-order valence-electron chi connectivity index (χ3n) is 3.16. The number of rotatable bonds is 3. The first-order chi connectivity index (χ1) is 9.95. The Bertz CT molecular complexity index is 776. The van der Waals surface area contributed by atoms with Crippen LogP contribution in [-0.4, -0.2) is 9.55 Å². The number of benzene rings is 2. The summed E-state index contributed by atoms with van der Waals surface area (Å²) in [5, 5.41) is -2.93. The minimum atomic E-state index is -3.52. The Balaban J connectivity index is 2.13. The minimum absolute atomic E-state index is 0.245. The lowest BCUT2D eigenvalue weighted by Crippen LogP contribution is -2.14. The predicted molar refractivity (Wildman–Crippen MR) is 80.0 cm³/mol. The van der Waals surface area contributed by atoms with Gasteiger partial charge >= 0.3 is 5.38 Å². The first-order valence-electron chi connectivity index (χ1n) is 6.22. The maximum absolute atomic E-state index is 13.6. The second-order valence-electron chi connectivity index (χ2n) is 4.63. The first-order valence-corrected chi connectivity index (χ1v) is 6.97. The Hall–Kier alpha value is -1.65. The van der Waals surface area contributed by atoms with Crippen LogP contribution in [0.3, 0.4) is 0 Å². The van der Waals surface area contributed by atoms with E-state index in [4.69, 9.17) is 23.2 Å². The molecule has 21 heavy (non-hydrogen) atoms. The van der Waals surface area contributed by atoms with Crippen molar-refractivity contribution in [2.75, 3.05) is 0 Å². The highest BCUT2D eigenvalue weighted by atomic mass is 35.5. The normalized spacial score (nSPS) is 12.0. The van der Waals surface area contributed by atoms with Gasteiger partial charge in [0.1, 0.15) is 0 Å². The molecular formula is C15H10Cl2F2N2. The maximum atomic E-state index is 13.6. The highest BCUT2D eigenvalue weighted by molar-refractivity contribution is 6.30. The van der Waals surface area contributed by atoms with E-state index in [-0.39, 0.29) is 6.54 Å². The van der Waals surface area contributed by atoms with Gasteiger partial charge in [0, 0.05) is 11.6 Å². The zero-order chi connectivity index (χ0) is 15.0. The molecule has 0 bridgehead atoms. The van der Waals surface area contributed by atoms with E-state index in [1.165, 1.54) is 4.57 Å². The second-order valence-corrected chi connectivity index (χ2v) is 5.55. The Morgan fingerprint density at radius 3 is 2.38 bits per heavy atom. The molecular weight excluding hydrogens is 317 g/mol. The average Bonchev–Trinajstić information content (AvgIpc) is 2.81. The van der Waals surface area contributed by atoms with E-state index >= 15 is 0 Å². The number of imidazole rings is 1. The highest BCUT2D eigenvalue weighted by Gasteiger charge is 2.34. The summed E-state index contributed by atoms with van der Waals surface area (Å²) in [5.41, 5.74) is 1.94. The van der Waals surface area contributed by atoms with E-state index in [2.05, 4.69) is 4.98 Å². The highest BCUT2D eigenvalue weighted by Crippen LogP contribution is 2.34. The summed E-state index contributed by atoms with van der Waals surface area (Å²) in [5.74, 6) is -0.458. The molecule has 1 aromatic heterocycles. The fourth-order valence-electron chi connectivity index (χ4n) is 2.22. The van der Waals surface area contributed by atoms with Gasteiger partial charge in [-0.1, -0.05) is 35.9 Å². The number of aromatic nitrogens is 2. The van der Waals surface area contributed by atoms with Crippen molar-refractivity contribution < 1.29 is 8.78 Å². The predicted octanol–water partition coefficient (Wildman–Crippen LogP) is 5.03. The van der Waals surface area contributed by atoms with Crippen LogP contribution in [-0.2, 0) is 11.9 Å². The molecule has 0 N–H and O–H groups in total. The van der Waals surface area contributed by atoms with Gasteiger partial charge < -0.3 is 4.57 Å². The molecule has 2 nitrogen and oxygen atoms in total. The summed E-state index contributed by atoms with van der Waals surface area (Å²) < 4.78 is 28.6. The average molecular weight is 327 g/mol. The van der Waals surface area contributed by atoms with Crippen molar-refractivity contribution in [1.82, 2.24) is 9.55 Å². The van der Waals surface area contributed by atoms with Gasteiger partial charge in [0.05, 0.1) is 11.0 Å². The molecule has 6 heteroatoms. The van der Waals surface area contributed by atoms with Crippen LogP contribution in [0.1, 0.15) is 11.4 Å². The van der Waals surface area contributed by atoms with Crippen LogP contribution in [0.2, 0.25) is 5.02 Å². The van der Waals surface area contributed by atoms with Crippen molar-refractivity contribution >= 4 is 34.2 Å². The number of nitrogens with zero attached hydrogens (tertiary/aromatic N) is 2. The van der Waals surface area contributed by atoms with Gasteiger partial charge in [-0.25, -0.2) is 4.98 Å². The molecule has 0 aliphatic rings. The molecule has 0 radical (unpaired) electrons. The van der Waals surface area contributed by atoms with Gasteiger partial charge in [0.2, 0.25) is 0 Å². The fourth-order valence-corrected chi connectivity index (χ4v) is 2.49. The lowest BCUT2D eigenvalue weighted by atomic mass is 10.2. The molecule has 1 heterocycles. The number of alkyl halides is 3. The fraction of sp³-hybridized carbons (Fsp3) is 0.133. The van der Waals surface area contributed by atoms with Crippen LogP contribution in [0.25, 0.3) is 11.0 Å². The molecule has 0 amide bonds. The summed E-state index contributed by atoms with van der Waals surface area (Å²) in [4.78, 5) is 3.95. The SMILES string of the molecule is FC(F)(Cl)c1nc2ccccc2n1Cc1ccc(Cl)cc1. The molecule has 0 fully saturated rings. The summed E-state index contributed by atoms with van der Waals surface area (Å²) in [6.45, 7) is 0.245. The molecule has 2 aromatic carbocycles. The van der Waals surface area contributed by atoms with Crippen LogP contribution in [0.5, 0.6) is 0 Å². The molecule has 0 saturated carbocycles. The van der Waals surface area contributed by atoms with Crippen molar-refractivity contribution in [3.8, 4) is 0 Å². The zero-order valence-corrected chi connectivity index (χ0v) is 12.2. The number of para-hydroxylation sites is 2. The molecule has 0 spiro atoms. The van der Waals surface area contributed by atoms with Gasteiger partial charge in [-0.2, -0.15) is 8.78 Å². The van der Waals surface area contributed by atoms with Crippen LogP contribution in [0.15, 0.2) is 48.5 Å². The maximum Gasteiger partial charge on any atom is 0.380 e. The number of halogens is 4. The van der Waals surface area contributed by atoms with E-state index in [1.54, 1.807) is 48.5 Å². The molecule has 0 unspecified atom stereocenters. The van der Waals surface area contributed by atoms with Gasteiger partial charge in [-0.05, 0) is 41.4 Å². The Labute approximate surface area is 129 Å². The molecule has 108 valence electrons. The third kappa shape index (κ3) is 2.87. The second kappa shape index (κ2) is 5.28. The topological polar surface area (TPSA) is 17.8 Å². The van der Waals surface area contributed by atoms with Gasteiger partial charge in [0.15, 0.2) is 5.82 Å². The standard InChI is InChI=1S/C15H10Cl2F2N2/c16-11-7-5-10(6-8-11)9-21-13-4-2-1-3-12(13)20-14(21)15(17,18)19/h1-8H,9H2. The van der Waals surface area contributed by atoms with Crippen molar-refractivity contribution in [3.05, 3.63) is 64.9 Å². The van der Waals surface area contributed by atoms with Gasteiger partial charge in [-0.3, -0.25) is 0 Å². The van der Waals surface area contributed by atoms with Crippen LogP contribution >= 0.6 is 23.2 Å². The summed E-state index contributed by atoms with van der Waals surface area (Å²) >= 11 is 11.0. The number of fused-ring (bicyclic) bond motifs is 1. The molecule has 3 rings (SSSR count). The molecule has 0 atom stereocenters. The van der Waals surface area contributed by atoms with E-state index in [9.17, 15) is 8.78 Å². The summed E-state index contributed by atoms with van der Waals surface area (Å²) in [6.07, 6.45) is 0. The van der Waals surface area contributed by atoms with E-state index in [0.29, 0.717) is 16.1 Å². The summed E-state index contributed by atoms with van der Waals surface area (Å²) in [6, 6.07) is 13.9. The number of hydrogen-bond acceptors (Lipinski definition) is 1. The van der Waals surface area contributed by atoms with Crippen LogP contribution in [0, 0.1) is 0 Å². The minimum Gasteiger partial charge on any atom is -0.317 e. The van der Waals surface area contributed by atoms with Crippen LogP contribution < -0.4 is 0 Å². The largest absolute Gasteiger partial charge is 0.380 e. The molecule has 0 aliphatic carbocycles. The van der Waals surface area contributed by atoms with E-state index < -0.39 is 11.2 Å². The first kappa shape index (κ1) is 14.3. The molecule has 0 saturated heterocycles. The Kier molecular flexibility index (Phi) is 3.59. The van der Waals surface area contributed by atoms with E-state index in [1.807, 2.05) is 0 Å².